The standard InChI is InChI=1S/C15H19N3O2S/c1-2-11-10-21-15(16-11)17-8-5-12(6-9-17)18-7-3-4-13(18)14(19)20/h3-4,7,10,12H,2,5-6,8-9H2,1H3,(H,19,20). The highest BCUT2D eigenvalue weighted by Gasteiger charge is 2.24. The van der Waals surface area contributed by atoms with E-state index in [4.69, 9.17) is 0 Å². The lowest BCUT2D eigenvalue weighted by Crippen LogP contribution is -2.35. The van der Waals surface area contributed by atoms with Crippen molar-refractivity contribution in [3.63, 3.8) is 0 Å². The third-order valence-corrected chi connectivity index (χ3v) is 4.98. The fourth-order valence-corrected chi connectivity index (χ4v) is 3.80. The molecule has 0 amide bonds. The lowest BCUT2D eigenvalue weighted by molar-refractivity contribution is 0.0681. The molecule has 21 heavy (non-hydrogen) atoms. The molecule has 5 nitrogen and oxygen atoms in total. The molecule has 0 atom stereocenters. The lowest BCUT2D eigenvalue weighted by atomic mass is 10.1. The Morgan fingerprint density at radius 3 is 2.86 bits per heavy atom. The van der Waals surface area contributed by atoms with Gasteiger partial charge in [-0.15, -0.1) is 11.3 Å². The van der Waals surface area contributed by atoms with Crippen LogP contribution in [0.15, 0.2) is 23.7 Å². The summed E-state index contributed by atoms with van der Waals surface area (Å²) in [5.74, 6) is -0.852. The maximum absolute atomic E-state index is 11.2. The van der Waals surface area contributed by atoms with E-state index in [1.165, 1.54) is 0 Å². The molecule has 0 aromatic carbocycles. The van der Waals surface area contributed by atoms with Crippen LogP contribution in [0.1, 0.15) is 42.0 Å². The summed E-state index contributed by atoms with van der Waals surface area (Å²) in [5.41, 5.74) is 1.53. The topological polar surface area (TPSA) is 58.4 Å². The molecule has 1 N–H and O–H groups in total. The first-order valence-electron chi connectivity index (χ1n) is 7.28. The third kappa shape index (κ3) is 2.81. The number of hydrogen-bond acceptors (Lipinski definition) is 4. The van der Waals surface area contributed by atoms with Gasteiger partial charge in [-0.25, -0.2) is 9.78 Å². The summed E-state index contributed by atoms with van der Waals surface area (Å²) in [7, 11) is 0. The van der Waals surface area contributed by atoms with E-state index in [0.717, 1.165) is 43.2 Å². The quantitative estimate of drug-likeness (QED) is 0.943. The zero-order valence-corrected chi connectivity index (χ0v) is 12.8. The predicted molar refractivity (Wildman–Crippen MR) is 83.4 cm³/mol. The van der Waals surface area contributed by atoms with Crippen molar-refractivity contribution in [2.24, 2.45) is 0 Å². The number of hydrogen-bond donors (Lipinski definition) is 1. The Bertz CT molecular complexity index is 626. The highest BCUT2D eigenvalue weighted by molar-refractivity contribution is 7.13. The first-order chi connectivity index (χ1) is 10.2. The molecule has 0 spiro atoms. The Morgan fingerprint density at radius 1 is 1.48 bits per heavy atom. The zero-order valence-electron chi connectivity index (χ0n) is 12.0. The molecule has 6 heteroatoms. The van der Waals surface area contributed by atoms with Gasteiger partial charge in [0, 0.05) is 30.7 Å². The van der Waals surface area contributed by atoms with Crippen LogP contribution in [0.25, 0.3) is 0 Å². The molecule has 0 radical (unpaired) electrons. The van der Waals surface area contributed by atoms with Crippen molar-refractivity contribution in [1.82, 2.24) is 9.55 Å². The van der Waals surface area contributed by atoms with E-state index in [1.807, 2.05) is 16.8 Å². The molecule has 112 valence electrons. The van der Waals surface area contributed by atoms with Crippen LogP contribution < -0.4 is 4.90 Å². The molecule has 3 rings (SSSR count). The molecule has 1 fully saturated rings. The molecule has 1 saturated heterocycles. The minimum absolute atomic E-state index is 0.271. The van der Waals surface area contributed by atoms with Gasteiger partial charge in [0.15, 0.2) is 5.13 Å². The van der Waals surface area contributed by atoms with Gasteiger partial charge < -0.3 is 14.6 Å². The van der Waals surface area contributed by atoms with Crippen LogP contribution in [-0.2, 0) is 6.42 Å². The smallest absolute Gasteiger partial charge is 0.352 e. The van der Waals surface area contributed by atoms with Gasteiger partial charge in [-0.1, -0.05) is 6.92 Å². The molecule has 1 aliphatic rings. The minimum atomic E-state index is -0.852. The average Bonchev–Trinajstić information content (AvgIpc) is 3.16. The molecular weight excluding hydrogens is 286 g/mol. The third-order valence-electron chi connectivity index (χ3n) is 4.03. The summed E-state index contributed by atoms with van der Waals surface area (Å²) in [6, 6.07) is 3.75. The summed E-state index contributed by atoms with van der Waals surface area (Å²) in [5, 5.41) is 12.4. The van der Waals surface area contributed by atoms with Crippen LogP contribution in [0.5, 0.6) is 0 Å². The van der Waals surface area contributed by atoms with Gasteiger partial charge in [0.2, 0.25) is 0 Å². The Hall–Kier alpha value is -1.82. The number of carbonyl (C=O) groups is 1. The summed E-state index contributed by atoms with van der Waals surface area (Å²) >= 11 is 1.70. The maximum atomic E-state index is 11.2. The number of rotatable bonds is 4. The van der Waals surface area contributed by atoms with Gasteiger partial charge in [0.1, 0.15) is 5.69 Å². The number of carboxylic acids is 1. The molecule has 3 heterocycles. The van der Waals surface area contributed by atoms with Gasteiger partial charge >= 0.3 is 5.97 Å². The highest BCUT2D eigenvalue weighted by Crippen LogP contribution is 2.29. The number of aryl methyl sites for hydroxylation is 1. The number of nitrogens with zero attached hydrogens (tertiary/aromatic N) is 3. The van der Waals surface area contributed by atoms with Crippen molar-refractivity contribution in [3.8, 4) is 0 Å². The normalized spacial score (nSPS) is 16.3. The van der Waals surface area contributed by atoms with Crippen molar-refractivity contribution >= 4 is 22.4 Å². The van der Waals surface area contributed by atoms with E-state index in [1.54, 1.807) is 17.4 Å². The summed E-state index contributed by atoms with van der Waals surface area (Å²) < 4.78 is 1.90. The van der Waals surface area contributed by atoms with Gasteiger partial charge in [-0.2, -0.15) is 0 Å². The van der Waals surface area contributed by atoms with Gasteiger partial charge in [0.25, 0.3) is 0 Å². The van der Waals surface area contributed by atoms with Crippen molar-refractivity contribution in [3.05, 3.63) is 35.1 Å². The van der Waals surface area contributed by atoms with E-state index < -0.39 is 5.97 Å². The SMILES string of the molecule is CCc1csc(N2CCC(n3cccc3C(=O)O)CC2)n1. The van der Waals surface area contributed by atoms with Crippen molar-refractivity contribution < 1.29 is 9.90 Å². The van der Waals surface area contributed by atoms with Gasteiger partial charge in [0.05, 0.1) is 5.69 Å². The second kappa shape index (κ2) is 5.89. The van der Waals surface area contributed by atoms with Crippen LogP contribution in [0, 0.1) is 0 Å². The maximum Gasteiger partial charge on any atom is 0.352 e. The molecule has 0 saturated carbocycles. The Kier molecular flexibility index (Phi) is 3.96. The van der Waals surface area contributed by atoms with Crippen molar-refractivity contribution in [2.75, 3.05) is 18.0 Å². The predicted octanol–water partition coefficient (Wildman–Crippen LogP) is 3.05. The molecule has 0 aliphatic carbocycles. The van der Waals surface area contributed by atoms with E-state index in [0.29, 0.717) is 5.69 Å². The average molecular weight is 305 g/mol. The molecule has 1 aliphatic heterocycles. The molecule has 2 aromatic heterocycles. The Balaban J connectivity index is 1.67. The first-order valence-corrected chi connectivity index (χ1v) is 8.16. The van der Waals surface area contributed by atoms with Crippen molar-refractivity contribution in [1.29, 1.82) is 0 Å². The van der Waals surface area contributed by atoms with Crippen LogP contribution in [0.2, 0.25) is 0 Å². The summed E-state index contributed by atoms with van der Waals surface area (Å²) in [6.45, 7) is 3.97. The van der Waals surface area contributed by atoms with E-state index >= 15 is 0 Å². The number of piperidine rings is 1. The molecule has 2 aromatic rings. The largest absolute Gasteiger partial charge is 0.477 e. The zero-order chi connectivity index (χ0) is 14.8. The monoisotopic (exact) mass is 305 g/mol. The molecule has 0 bridgehead atoms. The number of aromatic carboxylic acids is 1. The highest BCUT2D eigenvalue weighted by atomic mass is 32.1. The lowest BCUT2D eigenvalue weighted by Gasteiger charge is -2.33. The fourth-order valence-electron chi connectivity index (χ4n) is 2.83. The van der Waals surface area contributed by atoms with Crippen LogP contribution in [0.3, 0.4) is 0 Å². The Labute approximate surface area is 127 Å². The Morgan fingerprint density at radius 2 is 2.24 bits per heavy atom. The van der Waals surface area contributed by atoms with Gasteiger partial charge in [-0.05, 0) is 31.4 Å². The summed E-state index contributed by atoms with van der Waals surface area (Å²) in [4.78, 5) is 18.1. The molecule has 0 unspecified atom stereocenters. The second-order valence-electron chi connectivity index (χ2n) is 5.30. The van der Waals surface area contributed by atoms with E-state index in [9.17, 15) is 9.90 Å². The number of carboxylic acid groups (broad SMARTS) is 1. The second-order valence-corrected chi connectivity index (χ2v) is 6.14. The van der Waals surface area contributed by atoms with Crippen LogP contribution in [-0.4, -0.2) is 33.7 Å². The van der Waals surface area contributed by atoms with E-state index in [2.05, 4.69) is 22.2 Å². The number of thiazole rings is 1. The van der Waals surface area contributed by atoms with Crippen LogP contribution >= 0.6 is 11.3 Å². The van der Waals surface area contributed by atoms with Crippen molar-refractivity contribution in [2.45, 2.75) is 32.2 Å². The minimum Gasteiger partial charge on any atom is -0.477 e. The summed E-state index contributed by atoms with van der Waals surface area (Å²) in [6.07, 6.45) is 4.76. The first kappa shape index (κ1) is 14.1. The number of anilines is 1. The molecular formula is C15H19N3O2S. The van der Waals surface area contributed by atoms with E-state index in [-0.39, 0.29) is 6.04 Å². The number of aromatic nitrogens is 2. The van der Waals surface area contributed by atoms with Gasteiger partial charge in [-0.3, -0.25) is 0 Å². The fraction of sp³-hybridized carbons (Fsp3) is 0.467. The van der Waals surface area contributed by atoms with Crippen LogP contribution in [0.4, 0.5) is 5.13 Å².